The highest BCUT2D eigenvalue weighted by Crippen LogP contribution is 2.18. The summed E-state index contributed by atoms with van der Waals surface area (Å²) in [6, 6.07) is 0. The molecule has 4 heteroatoms. The van der Waals surface area contributed by atoms with Gasteiger partial charge in [-0.05, 0) is 26.3 Å². The number of carbonyl (C=O) groups is 1. The maximum atomic E-state index is 10.7. The standard InChI is InChI=1S/C11H15NOS2/c1-8-11(15-9(2)12-8)6-4-5-7-14-10(3)13/h4,6H,5,7H2,1-3H3. The van der Waals surface area contributed by atoms with Crippen LogP contribution in [-0.4, -0.2) is 15.9 Å². The monoisotopic (exact) mass is 241 g/mol. The zero-order valence-corrected chi connectivity index (χ0v) is 10.9. The molecule has 0 amide bonds. The van der Waals surface area contributed by atoms with Crippen molar-refractivity contribution in [3.63, 3.8) is 0 Å². The lowest BCUT2D eigenvalue weighted by Gasteiger charge is -1.91. The molecule has 1 aromatic heterocycles. The molecule has 0 unspecified atom stereocenters. The second kappa shape index (κ2) is 6.08. The summed E-state index contributed by atoms with van der Waals surface area (Å²) in [7, 11) is 0. The average Bonchev–Trinajstić information content (AvgIpc) is 2.44. The van der Waals surface area contributed by atoms with Crippen LogP contribution in [0.1, 0.15) is 28.9 Å². The van der Waals surface area contributed by atoms with Gasteiger partial charge in [-0.25, -0.2) is 4.98 Å². The van der Waals surface area contributed by atoms with E-state index in [1.807, 2.05) is 13.8 Å². The lowest BCUT2D eigenvalue weighted by atomic mass is 10.3. The number of carbonyl (C=O) groups excluding carboxylic acids is 1. The van der Waals surface area contributed by atoms with E-state index in [2.05, 4.69) is 17.1 Å². The van der Waals surface area contributed by atoms with Gasteiger partial charge in [0.1, 0.15) is 0 Å². The highest BCUT2D eigenvalue weighted by Gasteiger charge is 1.99. The van der Waals surface area contributed by atoms with Crippen molar-refractivity contribution in [2.75, 3.05) is 5.75 Å². The summed E-state index contributed by atoms with van der Waals surface area (Å²) in [5, 5.41) is 1.29. The van der Waals surface area contributed by atoms with Crippen molar-refractivity contribution in [2.45, 2.75) is 27.2 Å². The van der Waals surface area contributed by atoms with Crippen LogP contribution in [0.5, 0.6) is 0 Å². The predicted molar refractivity (Wildman–Crippen MR) is 68.4 cm³/mol. The van der Waals surface area contributed by atoms with Gasteiger partial charge in [-0.3, -0.25) is 4.79 Å². The molecular formula is C11H15NOS2. The van der Waals surface area contributed by atoms with Crippen LogP contribution in [0, 0.1) is 13.8 Å². The van der Waals surface area contributed by atoms with Gasteiger partial charge >= 0.3 is 0 Å². The van der Waals surface area contributed by atoms with Gasteiger partial charge in [-0.2, -0.15) is 0 Å². The number of allylic oxidation sites excluding steroid dienone is 1. The summed E-state index contributed by atoms with van der Waals surface area (Å²) < 4.78 is 0. The third-order valence-electron chi connectivity index (χ3n) is 1.80. The summed E-state index contributed by atoms with van der Waals surface area (Å²) >= 11 is 3.08. The molecule has 0 spiro atoms. The van der Waals surface area contributed by atoms with Gasteiger partial charge in [0.2, 0.25) is 0 Å². The van der Waals surface area contributed by atoms with Crippen molar-refractivity contribution in [3.8, 4) is 0 Å². The first kappa shape index (κ1) is 12.5. The van der Waals surface area contributed by atoms with Crippen LogP contribution in [0.4, 0.5) is 0 Å². The number of rotatable bonds is 4. The van der Waals surface area contributed by atoms with E-state index in [4.69, 9.17) is 0 Å². The van der Waals surface area contributed by atoms with Crippen LogP contribution in [0.15, 0.2) is 6.08 Å². The van der Waals surface area contributed by atoms with Gasteiger partial charge in [0.05, 0.1) is 10.7 Å². The minimum absolute atomic E-state index is 0.188. The Morgan fingerprint density at radius 1 is 1.53 bits per heavy atom. The summed E-state index contributed by atoms with van der Waals surface area (Å²) in [4.78, 5) is 16.2. The van der Waals surface area contributed by atoms with Crippen molar-refractivity contribution in [3.05, 3.63) is 21.7 Å². The molecule has 1 aromatic rings. The summed E-state index contributed by atoms with van der Waals surface area (Å²) in [6.45, 7) is 5.64. The van der Waals surface area contributed by atoms with Gasteiger partial charge in [0.25, 0.3) is 0 Å². The van der Waals surface area contributed by atoms with Crippen LogP contribution in [0.2, 0.25) is 0 Å². The summed E-state index contributed by atoms with van der Waals surface area (Å²) in [5.74, 6) is 0.864. The van der Waals surface area contributed by atoms with Gasteiger partial charge in [0.15, 0.2) is 5.12 Å². The SMILES string of the molecule is CC(=O)SCCC=Cc1sc(C)nc1C. The maximum absolute atomic E-state index is 10.7. The van der Waals surface area contributed by atoms with E-state index in [1.54, 1.807) is 18.3 Å². The van der Waals surface area contributed by atoms with E-state index in [0.29, 0.717) is 0 Å². The molecule has 0 aliphatic carbocycles. The highest BCUT2D eigenvalue weighted by atomic mass is 32.2. The maximum Gasteiger partial charge on any atom is 0.185 e. The quantitative estimate of drug-likeness (QED) is 0.756. The van der Waals surface area contributed by atoms with Gasteiger partial charge in [0, 0.05) is 17.6 Å². The Morgan fingerprint density at radius 3 is 2.80 bits per heavy atom. The average molecular weight is 241 g/mol. The number of hydrogen-bond donors (Lipinski definition) is 0. The zero-order chi connectivity index (χ0) is 11.3. The third-order valence-corrected chi connectivity index (χ3v) is 3.68. The van der Waals surface area contributed by atoms with Gasteiger partial charge in [-0.1, -0.05) is 17.8 Å². The number of nitrogens with zero attached hydrogens (tertiary/aromatic N) is 1. The Hall–Kier alpha value is -0.610. The minimum Gasteiger partial charge on any atom is -0.288 e. The summed E-state index contributed by atoms with van der Waals surface area (Å²) in [5.41, 5.74) is 1.09. The normalized spacial score (nSPS) is 11.1. The Bertz CT molecular complexity index is 369. The fourth-order valence-electron chi connectivity index (χ4n) is 1.16. The minimum atomic E-state index is 0.188. The Labute approximate surface area is 98.8 Å². The molecule has 0 saturated carbocycles. The molecule has 0 aromatic carbocycles. The third kappa shape index (κ3) is 4.62. The number of aromatic nitrogens is 1. The Morgan fingerprint density at radius 2 is 2.27 bits per heavy atom. The molecule has 0 atom stereocenters. The fourth-order valence-corrected chi connectivity index (χ4v) is 2.56. The zero-order valence-electron chi connectivity index (χ0n) is 9.24. The first-order chi connectivity index (χ1) is 7.09. The molecule has 0 aliphatic heterocycles. The molecule has 0 N–H and O–H groups in total. The van der Waals surface area contributed by atoms with E-state index in [1.165, 1.54) is 16.6 Å². The lowest BCUT2D eigenvalue weighted by Crippen LogP contribution is -1.83. The van der Waals surface area contributed by atoms with Crippen molar-refractivity contribution in [1.29, 1.82) is 0 Å². The fraction of sp³-hybridized carbons (Fsp3) is 0.455. The van der Waals surface area contributed by atoms with Crippen LogP contribution in [-0.2, 0) is 4.79 Å². The van der Waals surface area contributed by atoms with Crippen molar-refractivity contribution < 1.29 is 4.79 Å². The Kier molecular flexibility index (Phi) is 5.05. The van der Waals surface area contributed by atoms with Crippen LogP contribution >= 0.6 is 23.1 Å². The van der Waals surface area contributed by atoms with Gasteiger partial charge < -0.3 is 0 Å². The van der Waals surface area contributed by atoms with E-state index in [9.17, 15) is 4.79 Å². The van der Waals surface area contributed by atoms with Crippen molar-refractivity contribution >= 4 is 34.3 Å². The van der Waals surface area contributed by atoms with Crippen LogP contribution in [0.3, 0.4) is 0 Å². The largest absolute Gasteiger partial charge is 0.288 e. The van der Waals surface area contributed by atoms with E-state index in [0.717, 1.165) is 22.9 Å². The predicted octanol–water partition coefficient (Wildman–Crippen LogP) is 3.44. The second-order valence-corrected chi connectivity index (χ2v) is 5.72. The molecular weight excluding hydrogens is 226 g/mol. The molecule has 0 radical (unpaired) electrons. The number of aryl methyl sites for hydroxylation is 2. The molecule has 0 saturated heterocycles. The summed E-state index contributed by atoms with van der Waals surface area (Å²) in [6.07, 6.45) is 5.14. The lowest BCUT2D eigenvalue weighted by molar-refractivity contribution is -0.109. The van der Waals surface area contributed by atoms with Crippen LogP contribution in [0.25, 0.3) is 6.08 Å². The Balaban J connectivity index is 2.38. The van der Waals surface area contributed by atoms with Crippen molar-refractivity contribution in [2.24, 2.45) is 0 Å². The molecule has 82 valence electrons. The van der Waals surface area contributed by atoms with Gasteiger partial charge in [-0.15, -0.1) is 11.3 Å². The first-order valence-corrected chi connectivity index (χ1v) is 6.63. The smallest absolute Gasteiger partial charge is 0.185 e. The highest BCUT2D eigenvalue weighted by molar-refractivity contribution is 8.13. The molecule has 1 rings (SSSR count). The van der Waals surface area contributed by atoms with E-state index in [-0.39, 0.29) is 5.12 Å². The number of thiazole rings is 1. The molecule has 1 heterocycles. The molecule has 0 aliphatic rings. The van der Waals surface area contributed by atoms with E-state index >= 15 is 0 Å². The molecule has 0 fully saturated rings. The molecule has 2 nitrogen and oxygen atoms in total. The molecule has 15 heavy (non-hydrogen) atoms. The second-order valence-electron chi connectivity index (χ2n) is 3.21. The molecule has 0 bridgehead atoms. The van der Waals surface area contributed by atoms with Crippen molar-refractivity contribution in [1.82, 2.24) is 4.98 Å². The topological polar surface area (TPSA) is 30.0 Å². The van der Waals surface area contributed by atoms with Crippen LogP contribution < -0.4 is 0 Å². The van der Waals surface area contributed by atoms with E-state index < -0.39 is 0 Å². The number of thioether (sulfide) groups is 1. The first-order valence-electron chi connectivity index (χ1n) is 4.83. The number of hydrogen-bond acceptors (Lipinski definition) is 4.